The van der Waals surface area contributed by atoms with Crippen molar-refractivity contribution in [2.75, 3.05) is 5.32 Å². The van der Waals surface area contributed by atoms with Crippen molar-refractivity contribution in [1.29, 1.82) is 0 Å². The summed E-state index contributed by atoms with van der Waals surface area (Å²) in [7, 11) is 0. The normalized spacial score (nSPS) is 12.0. The third kappa shape index (κ3) is 4.34. The van der Waals surface area contributed by atoms with Gasteiger partial charge in [-0.1, -0.05) is 18.7 Å². The van der Waals surface area contributed by atoms with Crippen LogP contribution in [-0.2, 0) is 0 Å². The van der Waals surface area contributed by atoms with Gasteiger partial charge in [-0.15, -0.1) is 13.2 Å². The zero-order valence-electron chi connectivity index (χ0n) is 13.2. The Labute approximate surface area is 137 Å². The van der Waals surface area contributed by atoms with Crippen LogP contribution in [0.25, 0.3) is 5.57 Å². The number of alkyl halides is 3. The average molecular weight is 335 g/mol. The molecule has 0 saturated heterocycles. The molecule has 2 aromatic rings. The number of ether oxygens (including phenoxy) is 1. The Morgan fingerprint density at radius 2 is 1.88 bits per heavy atom. The third-order valence-corrected chi connectivity index (χ3v) is 3.24. The molecule has 0 aliphatic heterocycles. The summed E-state index contributed by atoms with van der Waals surface area (Å²) in [5, 5.41) is 3.06. The van der Waals surface area contributed by atoms with Crippen molar-refractivity contribution in [3.8, 4) is 5.75 Å². The van der Waals surface area contributed by atoms with Crippen molar-refractivity contribution >= 4 is 17.1 Å². The largest absolute Gasteiger partial charge is 0.573 e. The van der Waals surface area contributed by atoms with Gasteiger partial charge >= 0.3 is 6.36 Å². The third-order valence-electron chi connectivity index (χ3n) is 3.24. The van der Waals surface area contributed by atoms with E-state index in [2.05, 4.69) is 26.6 Å². The Hall–Kier alpha value is -2.83. The lowest BCUT2D eigenvalue weighted by atomic mass is 10.1. The van der Waals surface area contributed by atoms with Crippen molar-refractivity contribution in [2.45, 2.75) is 20.2 Å². The van der Waals surface area contributed by atoms with Gasteiger partial charge < -0.3 is 10.1 Å². The number of allylic oxidation sites excluding steroid dienone is 3. The first-order valence-corrected chi connectivity index (χ1v) is 7.07. The number of nitrogens with zero attached hydrogens (tertiary/aromatic N) is 2. The van der Waals surface area contributed by atoms with Crippen LogP contribution in [0.1, 0.15) is 18.2 Å². The molecular formula is C17H16F3N3O. The minimum Gasteiger partial charge on any atom is -0.406 e. The first-order valence-electron chi connectivity index (χ1n) is 7.07. The number of rotatable bonds is 5. The highest BCUT2D eigenvalue weighted by Gasteiger charge is 2.30. The van der Waals surface area contributed by atoms with Gasteiger partial charge in [0.1, 0.15) is 17.9 Å². The van der Waals surface area contributed by atoms with Gasteiger partial charge in [0.2, 0.25) is 0 Å². The Kier molecular flexibility index (Phi) is 5.23. The van der Waals surface area contributed by atoms with Crippen molar-refractivity contribution in [3.05, 3.63) is 60.6 Å². The van der Waals surface area contributed by atoms with Gasteiger partial charge in [-0.05, 0) is 43.7 Å². The van der Waals surface area contributed by atoms with Gasteiger partial charge in [0, 0.05) is 11.3 Å². The van der Waals surface area contributed by atoms with Crippen LogP contribution in [0.2, 0.25) is 0 Å². The first-order chi connectivity index (χ1) is 11.3. The highest BCUT2D eigenvalue weighted by Crippen LogP contribution is 2.27. The fourth-order valence-electron chi connectivity index (χ4n) is 2.10. The molecule has 0 spiro atoms. The quantitative estimate of drug-likeness (QED) is 0.780. The van der Waals surface area contributed by atoms with Crippen LogP contribution in [0.3, 0.4) is 0 Å². The summed E-state index contributed by atoms with van der Waals surface area (Å²) in [6.45, 7) is 7.48. The van der Waals surface area contributed by atoms with Crippen LogP contribution >= 0.6 is 0 Å². The summed E-state index contributed by atoms with van der Waals surface area (Å²) < 4.78 is 40.3. The lowest BCUT2D eigenvalue weighted by molar-refractivity contribution is -0.274. The van der Waals surface area contributed by atoms with Gasteiger partial charge in [-0.25, -0.2) is 9.97 Å². The topological polar surface area (TPSA) is 47.0 Å². The summed E-state index contributed by atoms with van der Waals surface area (Å²) >= 11 is 0. The van der Waals surface area contributed by atoms with E-state index in [0.29, 0.717) is 11.5 Å². The smallest absolute Gasteiger partial charge is 0.406 e. The molecule has 0 bridgehead atoms. The fraction of sp³-hybridized carbons (Fsp3) is 0.176. The van der Waals surface area contributed by atoms with Crippen LogP contribution in [0, 0.1) is 6.92 Å². The molecule has 0 aliphatic carbocycles. The SMILES string of the molecule is C=C/C(=C\C)c1ncnc(Nc2ccc(OC(F)(F)F)cc2)c1C. The highest BCUT2D eigenvalue weighted by atomic mass is 19.4. The van der Waals surface area contributed by atoms with E-state index in [1.165, 1.54) is 30.6 Å². The van der Waals surface area contributed by atoms with Crippen LogP contribution < -0.4 is 10.1 Å². The second-order valence-electron chi connectivity index (χ2n) is 4.84. The van der Waals surface area contributed by atoms with E-state index >= 15 is 0 Å². The lowest BCUT2D eigenvalue weighted by Crippen LogP contribution is -2.17. The number of nitrogens with one attached hydrogen (secondary N) is 1. The Balaban J connectivity index is 2.23. The maximum atomic E-state index is 12.2. The maximum absolute atomic E-state index is 12.2. The summed E-state index contributed by atoms with van der Waals surface area (Å²) in [4.78, 5) is 8.41. The van der Waals surface area contributed by atoms with Gasteiger partial charge in [0.15, 0.2) is 0 Å². The molecule has 0 unspecified atom stereocenters. The molecule has 24 heavy (non-hydrogen) atoms. The highest BCUT2D eigenvalue weighted by molar-refractivity contribution is 5.76. The molecule has 1 N–H and O–H groups in total. The molecule has 2 rings (SSSR count). The molecule has 4 nitrogen and oxygen atoms in total. The lowest BCUT2D eigenvalue weighted by Gasteiger charge is -2.13. The average Bonchev–Trinajstić information content (AvgIpc) is 2.52. The van der Waals surface area contributed by atoms with Crippen molar-refractivity contribution in [2.24, 2.45) is 0 Å². The molecule has 0 amide bonds. The maximum Gasteiger partial charge on any atom is 0.573 e. The van der Waals surface area contributed by atoms with Crippen LogP contribution in [-0.4, -0.2) is 16.3 Å². The molecule has 1 aromatic carbocycles. The minimum atomic E-state index is -4.71. The van der Waals surface area contributed by atoms with E-state index in [1.807, 2.05) is 19.9 Å². The molecule has 1 aromatic heterocycles. The van der Waals surface area contributed by atoms with Crippen LogP contribution in [0.15, 0.2) is 49.3 Å². The molecular weight excluding hydrogens is 319 g/mol. The number of hydrogen-bond acceptors (Lipinski definition) is 4. The predicted octanol–water partition coefficient (Wildman–Crippen LogP) is 5.02. The predicted molar refractivity (Wildman–Crippen MR) is 87.0 cm³/mol. The molecule has 0 atom stereocenters. The molecule has 0 aliphatic rings. The van der Waals surface area contributed by atoms with Gasteiger partial charge in [-0.3, -0.25) is 0 Å². The van der Waals surface area contributed by atoms with Crippen LogP contribution in [0.5, 0.6) is 5.75 Å². The number of hydrogen-bond donors (Lipinski definition) is 1. The van der Waals surface area contributed by atoms with Crippen LogP contribution in [0.4, 0.5) is 24.7 Å². The number of anilines is 2. The zero-order valence-corrected chi connectivity index (χ0v) is 13.2. The minimum absolute atomic E-state index is 0.281. The van der Waals surface area contributed by atoms with E-state index in [4.69, 9.17) is 0 Å². The molecule has 7 heteroatoms. The van der Waals surface area contributed by atoms with Gasteiger partial charge in [-0.2, -0.15) is 0 Å². The van der Waals surface area contributed by atoms with Crippen molar-refractivity contribution in [3.63, 3.8) is 0 Å². The van der Waals surface area contributed by atoms with Crippen molar-refractivity contribution < 1.29 is 17.9 Å². The van der Waals surface area contributed by atoms with E-state index < -0.39 is 6.36 Å². The summed E-state index contributed by atoms with van der Waals surface area (Å²) in [6.07, 6.45) is 0.289. The molecule has 126 valence electrons. The van der Waals surface area contributed by atoms with E-state index in [-0.39, 0.29) is 5.75 Å². The first kappa shape index (κ1) is 17.5. The second kappa shape index (κ2) is 7.16. The molecule has 1 heterocycles. The van der Waals surface area contributed by atoms with Crippen molar-refractivity contribution in [1.82, 2.24) is 9.97 Å². The Morgan fingerprint density at radius 3 is 2.42 bits per heavy atom. The second-order valence-corrected chi connectivity index (χ2v) is 4.84. The number of halogens is 3. The summed E-state index contributed by atoms with van der Waals surface area (Å²) in [5.74, 6) is 0.279. The van der Waals surface area contributed by atoms with E-state index in [9.17, 15) is 13.2 Å². The zero-order chi connectivity index (χ0) is 17.7. The molecule has 0 saturated carbocycles. The standard InChI is InChI=1S/C17H16F3N3O/c1-4-12(5-2)15-11(3)16(22-10-21-15)23-13-6-8-14(9-7-13)24-17(18,19)20/h4-10H,1H2,2-3H3,(H,21,22,23)/b12-5+. The fourth-order valence-corrected chi connectivity index (χ4v) is 2.10. The van der Waals surface area contributed by atoms with Gasteiger partial charge in [0.25, 0.3) is 0 Å². The van der Waals surface area contributed by atoms with Gasteiger partial charge in [0.05, 0.1) is 5.69 Å². The monoisotopic (exact) mass is 335 g/mol. The summed E-state index contributed by atoms with van der Waals surface area (Å²) in [5.41, 5.74) is 2.99. The number of aromatic nitrogens is 2. The Bertz CT molecular complexity index is 753. The molecule has 0 radical (unpaired) electrons. The van der Waals surface area contributed by atoms with E-state index in [1.54, 1.807) is 6.08 Å². The summed E-state index contributed by atoms with van der Waals surface area (Å²) in [6, 6.07) is 5.42. The molecule has 0 fully saturated rings. The van der Waals surface area contributed by atoms with E-state index in [0.717, 1.165) is 16.8 Å². The Morgan fingerprint density at radius 1 is 1.21 bits per heavy atom. The number of benzene rings is 1.